The first-order valence-corrected chi connectivity index (χ1v) is 7.53. The lowest BCUT2D eigenvalue weighted by Gasteiger charge is -2.31. The number of nitrogens with one attached hydrogen (secondary N) is 1. The Bertz CT molecular complexity index is 617. The maximum atomic E-state index is 9.83. The average Bonchev–Trinajstić information content (AvgIpc) is 2.38. The smallest absolute Gasteiger partial charge is 0.0842 e. The molecule has 0 bridgehead atoms. The summed E-state index contributed by atoms with van der Waals surface area (Å²) in [7, 11) is 0. The number of hydrogen-bond acceptors (Lipinski definition) is 2. The van der Waals surface area contributed by atoms with E-state index in [1.54, 1.807) is 0 Å². The summed E-state index contributed by atoms with van der Waals surface area (Å²) in [5.41, 5.74) is 2.36. The van der Waals surface area contributed by atoms with Gasteiger partial charge >= 0.3 is 0 Å². The van der Waals surface area contributed by atoms with Gasteiger partial charge < -0.3 is 10.4 Å². The maximum Gasteiger partial charge on any atom is 0.0842 e. The van der Waals surface area contributed by atoms with Crippen molar-refractivity contribution in [3.63, 3.8) is 0 Å². The van der Waals surface area contributed by atoms with Crippen LogP contribution < -0.4 is 5.32 Å². The highest BCUT2D eigenvalue weighted by Gasteiger charge is 2.28. The minimum atomic E-state index is -0.633. The third-order valence-corrected chi connectivity index (χ3v) is 4.09. The van der Waals surface area contributed by atoms with Gasteiger partial charge in [0.25, 0.3) is 0 Å². The standard InChI is InChI=1S/C16H17BrClNO/c1-11-4-3-5-13(8-11)19-16(2,10-20)14-7-6-12(17)9-15(14)18/h3-9,19-20H,10H2,1-2H3. The molecule has 20 heavy (non-hydrogen) atoms. The second kappa shape index (κ2) is 6.17. The molecule has 0 aliphatic carbocycles. The molecule has 0 aliphatic heterocycles. The third kappa shape index (κ3) is 3.35. The molecule has 0 saturated heterocycles. The lowest BCUT2D eigenvalue weighted by atomic mass is 9.92. The van der Waals surface area contributed by atoms with Gasteiger partial charge in [-0.2, -0.15) is 0 Å². The van der Waals surface area contributed by atoms with Crippen molar-refractivity contribution in [3.05, 3.63) is 63.1 Å². The summed E-state index contributed by atoms with van der Waals surface area (Å²) in [6.45, 7) is 3.92. The van der Waals surface area contributed by atoms with Crippen LogP contribution in [-0.2, 0) is 5.54 Å². The largest absolute Gasteiger partial charge is 0.394 e. The fourth-order valence-electron chi connectivity index (χ4n) is 2.17. The first kappa shape index (κ1) is 15.4. The van der Waals surface area contributed by atoms with Crippen LogP contribution in [0.4, 0.5) is 5.69 Å². The second-order valence-electron chi connectivity index (χ2n) is 5.11. The highest BCUT2D eigenvalue weighted by Crippen LogP contribution is 2.33. The molecule has 1 unspecified atom stereocenters. The molecule has 106 valence electrons. The first-order chi connectivity index (χ1) is 9.44. The van der Waals surface area contributed by atoms with Crippen LogP contribution in [0.5, 0.6) is 0 Å². The van der Waals surface area contributed by atoms with Crippen molar-refractivity contribution in [2.24, 2.45) is 0 Å². The Hall–Kier alpha value is -1.03. The Balaban J connectivity index is 2.38. The molecule has 0 aliphatic rings. The zero-order valence-electron chi connectivity index (χ0n) is 11.5. The van der Waals surface area contributed by atoms with E-state index in [0.29, 0.717) is 5.02 Å². The van der Waals surface area contributed by atoms with Crippen molar-refractivity contribution in [1.82, 2.24) is 0 Å². The van der Waals surface area contributed by atoms with Crippen molar-refractivity contribution in [3.8, 4) is 0 Å². The zero-order chi connectivity index (χ0) is 14.8. The van der Waals surface area contributed by atoms with E-state index in [2.05, 4.69) is 21.2 Å². The van der Waals surface area contributed by atoms with E-state index in [1.165, 1.54) is 0 Å². The van der Waals surface area contributed by atoms with Crippen LogP contribution in [0.2, 0.25) is 5.02 Å². The fourth-order valence-corrected chi connectivity index (χ4v) is 3.05. The maximum absolute atomic E-state index is 9.83. The molecule has 2 aromatic rings. The highest BCUT2D eigenvalue weighted by molar-refractivity contribution is 9.10. The fraction of sp³-hybridized carbons (Fsp3) is 0.250. The van der Waals surface area contributed by atoms with E-state index in [4.69, 9.17) is 11.6 Å². The molecule has 0 aromatic heterocycles. The van der Waals surface area contributed by atoms with E-state index in [0.717, 1.165) is 21.3 Å². The summed E-state index contributed by atoms with van der Waals surface area (Å²) in [6, 6.07) is 13.7. The van der Waals surface area contributed by atoms with Crippen LogP contribution in [0.25, 0.3) is 0 Å². The summed E-state index contributed by atoms with van der Waals surface area (Å²) in [5, 5.41) is 13.8. The Morgan fingerprint density at radius 2 is 2.00 bits per heavy atom. The van der Waals surface area contributed by atoms with Gasteiger partial charge in [0.2, 0.25) is 0 Å². The third-order valence-electron chi connectivity index (χ3n) is 3.28. The van der Waals surface area contributed by atoms with Crippen molar-refractivity contribution >= 4 is 33.2 Å². The number of halogens is 2. The molecule has 4 heteroatoms. The van der Waals surface area contributed by atoms with Crippen LogP contribution >= 0.6 is 27.5 Å². The molecular formula is C16H17BrClNO. The van der Waals surface area contributed by atoms with Gasteiger partial charge in [-0.1, -0.05) is 45.7 Å². The predicted octanol–water partition coefficient (Wildman–Crippen LogP) is 4.73. The Morgan fingerprint density at radius 3 is 2.60 bits per heavy atom. The Morgan fingerprint density at radius 1 is 1.25 bits per heavy atom. The van der Waals surface area contributed by atoms with E-state index in [-0.39, 0.29) is 6.61 Å². The van der Waals surface area contributed by atoms with Crippen LogP contribution in [-0.4, -0.2) is 11.7 Å². The molecular weight excluding hydrogens is 338 g/mol. The molecule has 0 radical (unpaired) electrons. The molecule has 2 rings (SSSR count). The number of aliphatic hydroxyl groups is 1. The molecule has 0 heterocycles. The van der Waals surface area contributed by atoms with Crippen LogP contribution in [0.1, 0.15) is 18.1 Å². The Kier molecular flexibility index (Phi) is 4.74. The van der Waals surface area contributed by atoms with E-state index in [9.17, 15) is 5.11 Å². The van der Waals surface area contributed by atoms with Gasteiger partial charge in [0, 0.05) is 15.2 Å². The van der Waals surface area contributed by atoms with E-state index >= 15 is 0 Å². The lowest BCUT2D eigenvalue weighted by Crippen LogP contribution is -2.36. The van der Waals surface area contributed by atoms with Gasteiger partial charge in [0.15, 0.2) is 0 Å². The van der Waals surface area contributed by atoms with Crippen molar-refractivity contribution in [1.29, 1.82) is 0 Å². The number of rotatable bonds is 4. The normalized spacial score (nSPS) is 13.8. The molecule has 2 aromatic carbocycles. The van der Waals surface area contributed by atoms with Crippen molar-refractivity contribution in [2.45, 2.75) is 19.4 Å². The van der Waals surface area contributed by atoms with Gasteiger partial charge in [-0.05, 0) is 49.2 Å². The van der Waals surface area contributed by atoms with Gasteiger partial charge in [-0.15, -0.1) is 0 Å². The van der Waals surface area contributed by atoms with Gasteiger partial charge in [0.1, 0.15) is 0 Å². The zero-order valence-corrected chi connectivity index (χ0v) is 13.8. The van der Waals surface area contributed by atoms with Crippen molar-refractivity contribution < 1.29 is 5.11 Å². The lowest BCUT2D eigenvalue weighted by molar-refractivity contribution is 0.224. The molecule has 0 amide bonds. The SMILES string of the molecule is Cc1cccc(NC(C)(CO)c2ccc(Br)cc2Cl)c1. The number of hydrogen-bond donors (Lipinski definition) is 2. The monoisotopic (exact) mass is 353 g/mol. The molecule has 2 nitrogen and oxygen atoms in total. The number of aliphatic hydroxyl groups excluding tert-OH is 1. The quantitative estimate of drug-likeness (QED) is 0.832. The topological polar surface area (TPSA) is 32.3 Å². The molecule has 0 spiro atoms. The van der Waals surface area contributed by atoms with E-state index in [1.807, 2.05) is 56.3 Å². The van der Waals surface area contributed by atoms with E-state index < -0.39 is 5.54 Å². The Labute approximate surface area is 132 Å². The minimum Gasteiger partial charge on any atom is -0.394 e. The number of anilines is 1. The summed E-state index contributed by atoms with van der Waals surface area (Å²) < 4.78 is 0.919. The summed E-state index contributed by atoms with van der Waals surface area (Å²) in [6.07, 6.45) is 0. The molecule has 2 N–H and O–H groups in total. The number of benzene rings is 2. The first-order valence-electron chi connectivity index (χ1n) is 6.36. The van der Waals surface area contributed by atoms with Crippen LogP contribution in [0.15, 0.2) is 46.9 Å². The van der Waals surface area contributed by atoms with Gasteiger partial charge in [-0.25, -0.2) is 0 Å². The summed E-state index contributed by atoms with van der Waals surface area (Å²) >= 11 is 9.70. The summed E-state index contributed by atoms with van der Waals surface area (Å²) in [4.78, 5) is 0. The van der Waals surface area contributed by atoms with Crippen molar-refractivity contribution in [2.75, 3.05) is 11.9 Å². The van der Waals surface area contributed by atoms with Crippen LogP contribution in [0.3, 0.4) is 0 Å². The predicted molar refractivity (Wildman–Crippen MR) is 88.4 cm³/mol. The van der Waals surface area contributed by atoms with Crippen LogP contribution in [0, 0.1) is 6.92 Å². The molecule has 0 saturated carbocycles. The second-order valence-corrected chi connectivity index (χ2v) is 6.43. The number of aryl methyl sites for hydroxylation is 1. The average molecular weight is 355 g/mol. The van der Waals surface area contributed by atoms with Gasteiger partial charge in [-0.3, -0.25) is 0 Å². The summed E-state index contributed by atoms with van der Waals surface area (Å²) in [5.74, 6) is 0. The highest BCUT2D eigenvalue weighted by atomic mass is 79.9. The minimum absolute atomic E-state index is 0.0533. The van der Waals surface area contributed by atoms with Gasteiger partial charge in [0.05, 0.1) is 12.1 Å². The molecule has 0 fully saturated rings. The molecule has 1 atom stereocenters.